The van der Waals surface area contributed by atoms with Crippen LogP contribution < -0.4 is 5.32 Å². The number of rotatable bonds is 22. The Morgan fingerprint density at radius 1 is 0.438 bits per heavy atom. The zero-order chi connectivity index (χ0) is 53.6. The van der Waals surface area contributed by atoms with Gasteiger partial charge in [0.15, 0.2) is 31.5 Å². The summed E-state index contributed by atoms with van der Waals surface area (Å²) in [7, 11) is 0. The Kier molecular flexibility index (Phi) is 22.1. The fourth-order valence-electron chi connectivity index (χ4n) is 8.81. The van der Waals surface area contributed by atoms with Crippen molar-refractivity contribution in [3.8, 4) is 0 Å². The van der Waals surface area contributed by atoms with E-state index in [1.807, 2.05) is 0 Å². The standard InChI is InChI=1S/C41H68N2O30/c44-6-13(51)32(20(52)12(50)5-43-19-3-1-2-4-42-19)69-38-28(60)23(55)34(15(8-46)65-38)71-40-30(62)25(57)36(17(10-48)67-40)73-41-31(63)26(58)35(18(11-49)68-41)72-39-29(61)24(56)33(16(9-47)66-39)70-37-27(59)22(54)21(53)14(7-45)64-37/h1-4,12-18,20-41,44-63H,5-11H2,(H,42,43)/t12-,13+,14+,15+,16+,17+,18+,20+,21+,22-,23+,24+,25+,26+,27+,28+,29+,30+,31+,32+,33+,34+,35+,36+,37-,38-,39-,40-,41-/m0/s1. The zero-order valence-corrected chi connectivity index (χ0v) is 38.5. The first-order valence-electron chi connectivity index (χ1n) is 23.1. The molecule has 5 fully saturated rings. The molecule has 5 saturated heterocycles. The van der Waals surface area contributed by atoms with Gasteiger partial charge in [0.1, 0.15) is 146 Å². The summed E-state index contributed by atoms with van der Waals surface area (Å²) in [6.07, 6.45) is -54.1. The number of aliphatic hydroxyl groups excluding tert-OH is 20. The number of hydrogen-bond acceptors (Lipinski definition) is 32. The van der Waals surface area contributed by atoms with Crippen LogP contribution in [-0.2, 0) is 47.4 Å². The fourth-order valence-corrected chi connectivity index (χ4v) is 8.81. The Morgan fingerprint density at radius 2 is 0.795 bits per heavy atom. The molecule has 0 saturated carbocycles. The zero-order valence-electron chi connectivity index (χ0n) is 38.5. The minimum absolute atomic E-state index is 0.309. The van der Waals surface area contributed by atoms with Gasteiger partial charge in [-0.3, -0.25) is 0 Å². The maximum Gasteiger partial charge on any atom is 0.187 e. The number of nitrogens with one attached hydrogen (secondary N) is 1. The van der Waals surface area contributed by atoms with Crippen molar-refractivity contribution in [3.05, 3.63) is 24.4 Å². The highest BCUT2D eigenvalue weighted by Crippen LogP contribution is 2.36. The van der Waals surface area contributed by atoms with Gasteiger partial charge < -0.3 is 155 Å². The van der Waals surface area contributed by atoms with Gasteiger partial charge in [0.25, 0.3) is 0 Å². The molecular weight excluding hydrogens is 1000 g/mol. The van der Waals surface area contributed by atoms with Crippen molar-refractivity contribution in [1.82, 2.24) is 4.98 Å². The molecule has 0 bridgehead atoms. The normalized spacial score (nSPS) is 45.3. The highest BCUT2D eigenvalue weighted by atomic mass is 16.8. The second kappa shape index (κ2) is 26.9. The number of nitrogens with zero attached hydrogens (tertiary/aromatic N) is 1. The largest absolute Gasteiger partial charge is 0.394 e. The van der Waals surface area contributed by atoms with Crippen molar-refractivity contribution < 1.29 is 149 Å². The topological polar surface area (TPSA) is 522 Å². The quantitative estimate of drug-likeness (QED) is 0.0513. The molecule has 5 aliphatic heterocycles. The van der Waals surface area contributed by atoms with Gasteiger partial charge in [0, 0.05) is 12.7 Å². The van der Waals surface area contributed by atoms with Crippen LogP contribution in [0.1, 0.15) is 0 Å². The van der Waals surface area contributed by atoms with E-state index < -0.39 is 218 Å². The molecule has 0 aliphatic carbocycles. The summed E-state index contributed by atoms with van der Waals surface area (Å²) < 4.78 is 55.8. The summed E-state index contributed by atoms with van der Waals surface area (Å²) in [5.74, 6) is 0.309. The van der Waals surface area contributed by atoms with Crippen molar-refractivity contribution in [2.24, 2.45) is 0 Å². The minimum Gasteiger partial charge on any atom is -0.394 e. The van der Waals surface area contributed by atoms with E-state index in [0.717, 1.165) is 0 Å². The summed E-state index contributed by atoms with van der Waals surface area (Å²) in [5.41, 5.74) is 0. The van der Waals surface area contributed by atoms with Crippen molar-refractivity contribution >= 4 is 5.82 Å². The van der Waals surface area contributed by atoms with Crippen LogP contribution in [0.15, 0.2) is 24.4 Å². The molecule has 32 heteroatoms. The lowest BCUT2D eigenvalue weighted by Crippen LogP contribution is -2.68. The summed E-state index contributed by atoms with van der Waals surface area (Å²) in [6.45, 7) is -6.24. The first-order valence-corrected chi connectivity index (χ1v) is 23.1. The second-order valence-electron chi connectivity index (χ2n) is 17.9. The third-order valence-corrected chi connectivity index (χ3v) is 13.0. The second-order valence-corrected chi connectivity index (χ2v) is 17.9. The molecule has 6 rings (SSSR count). The molecule has 0 unspecified atom stereocenters. The number of aromatic nitrogens is 1. The summed E-state index contributed by atoms with van der Waals surface area (Å²) in [6, 6.07) is 4.83. The van der Waals surface area contributed by atoms with Crippen molar-refractivity contribution in [3.63, 3.8) is 0 Å². The van der Waals surface area contributed by atoms with E-state index in [0.29, 0.717) is 5.82 Å². The molecule has 5 aliphatic rings. The van der Waals surface area contributed by atoms with E-state index in [-0.39, 0.29) is 6.54 Å². The highest BCUT2D eigenvalue weighted by Gasteiger charge is 2.57. The maximum absolute atomic E-state index is 11.3. The molecular formula is C41H68N2O30. The molecule has 422 valence electrons. The number of ether oxygens (including phenoxy) is 10. The van der Waals surface area contributed by atoms with Gasteiger partial charge in [-0.15, -0.1) is 0 Å². The average Bonchev–Trinajstić information content (AvgIpc) is 3.39. The fraction of sp³-hybridized carbons (Fsp3) is 0.878. The first-order chi connectivity index (χ1) is 34.7. The Balaban J connectivity index is 1.06. The number of anilines is 1. The van der Waals surface area contributed by atoms with Gasteiger partial charge in [-0.25, -0.2) is 4.98 Å². The minimum atomic E-state index is -2.19. The molecule has 0 spiro atoms. The summed E-state index contributed by atoms with van der Waals surface area (Å²) in [5, 5.41) is 215. The molecule has 73 heavy (non-hydrogen) atoms. The van der Waals surface area contributed by atoms with Gasteiger partial charge in [0.05, 0.1) is 45.7 Å². The van der Waals surface area contributed by atoms with Crippen LogP contribution in [0.5, 0.6) is 0 Å². The maximum atomic E-state index is 11.3. The Bertz CT molecular complexity index is 1760. The van der Waals surface area contributed by atoms with Crippen molar-refractivity contribution in [2.45, 2.75) is 178 Å². The number of hydrogen-bond donors (Lipinski definition) is 21. The summed E-state index contributed by atoms with van der Waals surface area (Å²) in [4.78, 5) is 4.01. The smallest absolute Gasteiger partial charge is 0.187 e. The van der Waals surface area contributed by atoms with Crippen LogP contribution in [0, 0.1) is 0 Å². The van der Waals surface area contributed by atoms with Crippen LogP contribution in [0.3, 0.4) is 0 Å². The van der Waals surface area contributed by atoms with Gasteiger partial charge >= 0.3 is 0 Å². The van der Waals surface area contributed by atoms with Crippen LogP contribution in [0.4, 0.5) is 5.82 Å². The predicted molar refractivity (Wildman–Crippen MR) is 227 cm³/mol. The monoisotopic (exact) mass is 1070 g/mol. The SMILES string of the molecule is OC[C@@H](O)[C@@H](O[C@@H]1O[C@H](CO)[C@@H](O[C@@H]2O[C@H](CO)[C@@H](O[C@@H]3O[C@H](CO)[C@@H](O[C@@H]4O[C@H](CO)[C@@H](O[C@@H]5O[C@H](CO)[C@@H](O)[C@H](O)[C@H]5O)[C@H](O)[C@H]4O)[C@H](O)[C@H]3O)[C@H](O)[C@H]2O)[C@H](O)[C@H]1O)[C@H](O)[C@@H](O)CNc1ccccn1. The Hall–Kier alpha value is -2.25. The van der Waals surface area contributed by atoms with E-state index in [1.54, 1.807) is 18.2 Å². The van der Waals surface area contributed by atoms with Crippen LogP contribution in [-0.4, -0.2) is 331 Å². The highest BCUT2D eigenvalue weighted by molar-refractivity contribution is 5.33. The third-order valence-electron chi connectivity index (χ3n) is 13.0. The number of pyridine rings is 1. The molecule has 21 N–H and O–H groups in total. The van der Waals surface area contributed by atoms with Crippen LogP contribution >= 0.6 is 0 Å². The number of aliphatic hydroxyl groups is 20. The lowest BCUT2D eigenvalue weighted by molar-refractivity contribution is -0.394. The predicted octanol–water partition coefficient (Wildman–Crippen LogP) is -12.9. The molecule has 1 aromatic rings. The van der Waals surface area contributed by atoms with E-state index >= 15 is 0 Å². The van der Waals surface area contributed by atoms with Crippen LogP contribution in [0.2, 0.25) is 0 Å². The first kappa shape index (κ1) is 60.0. The van der Waals surface area contributed by atoms with Gasteiger partial charge in [-0.2, -0.15) is 0 Å². The Morgan fingerprint density at radius 3 is 1.15 bits per heavy atom. The molecule has 29 atom stereocenters. The molecule has 0 aromatic carbocycles. The molecule has 0 amide bonds. The third kappa shape index (κ3) is 13.4. The van der Waals surface area contributed by atoms with E-state index in [2.05, 4.69) is 10.3 Å². The molecule has 32 nitrogen and oxygen atoms in total. The Labute approximate surface area is 413 Å². The van der Waals surface area contributed by atoms with Crippen molar-refractivity contribution in [2.75, 3.05) is 51.5 Å². The summed E-state index contributed by atoms with van der Waals surface area (Å²) >= 11 is 0. The van der Waals surface area contributed by atoms with E-state index in [4.69, 9.17) is 47.4 Å². The van der Waals surface area contributed by atoms with Gasteiger partial charge in [-0.1, -0.05) is 6.07 Å². The lowest BCUT2D eigenvalue weighted by atomic mass is 9.95. The molecule has 1 aromatic heterocycles. The van der Waals surface area contributed by atoms with Crippen molar-refractivity contribution in [1.29, 1.82) is 0 Å². The molecule has 6 heterocycles. The van der Waals surface area contributed by atoms with E-state index in [9.17, 15) is 102 Å². The average molecular weight is 1070 g/mol. The van der Waals surface area contributed by atoms with Crippen LogP contribution in [0.25, 0.3) is 0 Å². The van der Waals surface area contributed by atoms with Gasteiger partial charge in [0.2, 0.25) is 0 Å². The van der Waals surface area contributed by atoms with E-state index in [1.165, 1.54) is 6.20 Å². The molecule has 0 radical (unpaired) electrons. The lowest BCUT2D eigenvalue weighted by Gasteiger charge is -2.49. The van der Waals surface area contributed by atoms with Gasteiger partial charge in [-0.05, 0) is 12.1 Å².